The summed E-state index contributed by atoms with van der Waals surface area (Å²) < 4.78 is 0. The molecule has 1 aliphatic carbocycles. The van der Waals surface area contributed by atoms with Crippen molar-refractivity contribution in [2.24, 2.45) is 0 Å². The Balaban J connectivity index is 0.000000490. The van der Waals surface area contributed by atoms with Gasteiger partial charge in [0.2, 0.25) is 0 Å². The van der Waals surface area contributed by atoms with E-state index in [0.717, 1.165) is 0 Å². The van der Waals surface area contributed by atoms with Crippen molar-refractivity contribution < 1.29 is 4.84 Å². The van der Waals surface area contributed by atoms with Gasteiger partial charge in [-0.15, -0.1) is 12.4 Å². The molecule has 3 heteroatoms. The van der Waals surface area contributed by atoms with Crippen LogP contribution in [-0.2, 0) is 4.84 Å². The summed E-state index contributed by atoms with van der Waals surface area (Å²) in [6, 6.07) is 0.657. The van der Waals surface area contributed by atoms with Crippen LogP contribution in [0.2, 0.25) is 0 Å². The fraction of sp³-hybridized carbons (Fsp3) is 1.00. The van der Waals surface area contributed by atoms with Crippen LogP contribution in [0.3, 0.4) is 0 Å². The summed E-state index contributed by atoms with van der Waals surface area (Å²) >= 11 is 0. The SMILES string of the molecule is CONC1CCC1.Cl. The fourth-order valence-electron chi connectivity index (χ4n) is 0.693. The van der Waals surface area contributed by atoms with Crippen molar-refractivity contribution in [2.45, 2.75) is 25.3 Å². The highest BCUT2D eigenvalue weighted by Crippen LogP contribution is 2.17. The second-order valence-electron chi connectivity index (χ2n) is 1.95. The maximum Gasteiger partial charge on any atom is 0.0572 e. The monoisotopic (exact) mass is 137 g/mol. The second kappa shape index (κ2) is 4.13. The smallest absolute Gasteiger partial charge is 0.0572 e. The summed E-state index contributed by atoms with van der Waals surface area (Å²) in [5, 5.41) is 0. The van der Waals surface area contributed by atoms with E-state index in [1.54, 1.807) is 7.11 Å². The van der Waals surface area contributed by atoms with Gasteiger partial charge in [0.25, 0.3) is 0 Å². The molecule has 50 valence electrons. The molecule has 0 aliphatic heterocycles. The molecule has 1 N–H and O–H groups in total. The molecule has 0 aromatic carbocycles. The summed E-state index contributed by atoms with van der Waals surface area (Å²) in [6.45, 7) is 0. The quantitative estimate of drug-likeness (QED) is 0.576. The van der Waals surface area contributed by atoms with Gasteiger partial charge in [0, 0.05) is 6.04 Å². The average molecular weight is 138 g/mol. The van der Waals surface area contributed by atoms with Gasteiger partial charge in [-0.2, -0.15) is 5.48 Å². The lowest BCUT2D eigenvalue weighted by atomic mass is 9.94. The van der Waals surface area contributed by atoms with Gasteiger partial charge < -0.3 is 4.84 Å². The fourth-order valence-corrected chi connectivity index (χ4v) is 0.693. The van der Waals surface area contributed by atoms with Gasteiger partial charge in [-0.3, -0.25) is 0 Å². The van der Waals surface area contributed by atoms with Crippen LogP contribution in [0.1, 0.15) is 19.3 Å². The number of rotatable bonds is 2. The molecule has 0 spiro atoms. The van der Waals surface area contributed by atoms with Crippen molar-refractivity contribution in [3.05, 3.63) is 0 Å². The molecule has 0 atom stereocenters. The zero-order valence-electron chi connectivity index (χ0n) is 5.02. The van der Waals surface area contributed by atoms with Crippen molar-refractivity contribution in [2.75, 3.05) is 7.11 Å². The number of nitrogens with one attached hydrogen (secondary N) is 1. The zero-order chi connectivity index (χ0) is 5.11. The first kappa shape index (κ1) is 8.21. The van der Waals surface area contributed by atoms with E-state index in [2.05, 4.69) is 5.48 Å². The normalized spacial score (nSPS) is 19.1. The van der Waals surface area contributed by atoms with E-state index in [9.17, 15) is 0 Å². The standard InChI is InChI=1S/C5H11NO.ClH/c1-7-6-5-3-2-4-5;/h5-6H,2-4H2,1H3;1H. The topological polar surface area (TPSA) is 21.3 Å². The maximum atomic E-state index is 4.70. The summed E-state index contributed by atoms with van der Waals surface area (Å²) in [5.74, 6) is 0. The molecule has 1 saturated carbocycles. The Kier molecular flexibility index (Phi) is 4.23. The van der Waals surface area contributed by atoms with Gasteiger partial charge in [0.1, 0.15) is 0 Å². The minimum Gasteiger partial charge on any atom is -0.305 e. The Morgan fingerprint density at radius 3 is 2.25 bits per heavy atom. The highest BCUT2D eigenvalue weighted by atomic mass is 35.5. The van der Waals surface area contributed by atoms with Crippen molar-refractivity contribution >= 4 is 12.4 Å². The van der Waals surface area contributed by atoms with Crippen molar-refractivity contribution in [1.82, 2.24) is 5.48 Å². The predicted molar refractivity (Wildman–Crippen MR) is 35.0 cm³/mol. The van der Waals surface area contributed by atoms with Crippen LogP contribution in [-0.4, -0.2) is 13.2 Å². The van der Waals surface area contributed by atoms with Crippen LogP contribution in [0, 0.1) is 0 Å². The molecule has 0 amide bonds. The molecule has 0 bridgehead atoms. The Bertz CT molecular complexity index is 56.4. The van der Waals surface area contributed by atoms with Crippen LogP contribution in [0.5, 0.6) is 0 Å². The van der Waals surface area contributed by atoms with E-state index >= 15 is 0 Å². The predicted octanol–water partition coefficient (Wildman–Crippen LogP) is 1.11. The van der Waals surface area contributed by atoms with Gasteiger partial charge in [0.05, 0.1) is 7.11 Å². The van der Waals surface area contributed by atoms with Gasteiger partial charge >= 0.3 is 0 Å². The first-order valence-electron chi connectivity index (χ1n) is 2.72. The highest BCUT2D eigenvalue weighted by molar-refractivity contribution is 5.85. The summed E-state index contributed by atoms with van der Waals surface area (Å²) in [5.41, 5.74) is 2.88. The Hall–Kier alpha value is 0.210. The first-order valence-corrected chi connectivity index (χ1v) is 2.72. The van der Waals surface area contributed by atoms with E-state index in [1.807, 2.05) is 0 Å². The molecule has 0 aromatic rings. The maximum absolute atomic E-state index is 4.70. The Labute approximate surface area is 56.0 Å². The zero-order valence-corrected chi connectivity index (χ0v) is 5.83. The molecule has 0 unspecified atom stereocenters. The summed E-state index contributed by atoms with van der Waals surface area (Å²) in [7, 11) is 1.66. The lowest BCUT2D eigenvalue weighted by Crippen LogP contribution is -2.33. The summed E-state index contributed by atoms with van der Waals surface area (Å²) in [4.78, 5) is 4.70. The molecule has 0 aromatic heterocycles. The van der Waals surface area contributed by atoms with E-state index in [1.165, 1.54) is 19.3 Å². The third kappa shape index (κ3) is 1.99. The van der Waals surface area contributed by atoms with Crippen molar-refractivity contribution in [1.29, 1.82) is 0 Å². The largest absolute Gasteiger partial charge is 0.305 e. The minimum absolute atomic E-state index is 0. The van der Waals surface area contributed by atoms with Crippen LogP contribution in [0.15, 0.2) is 0 Å². The van der Waals surface area contributed by atoms with Crippen LogP contribution in [0.4, 0.5) is 0 Å². The number of halogens is 1. The number of hydrogen-bond acceptors (Lipinski definition) is 2. The molecule has 2 nitrogen and oxygen atoms in total. The number of hydroxylamine groups is 1. The van der Waals surface area contributed by atoms with E-state index in [4.69, 9.17) is 4.84 Å². The third-order valence-corrected chi connectivity index (χ3v) is 1.39. The molecule has 0 saturated heterocycles. The van der Waals surface area contributed by atoms with Gasteiger partial charge in [-0.05, 0) is 12.8 Å². The highest BCUT2D eigenvalue weighted by Gasteiger charge is 2.15. The lowest BCUT2D eigenvalue weighted by Gasteiger charge is -2.24. The molecular weight excluding hydrogens is 126 g/mol. The third-order valence-electron chi connectivity index (χ3n) is 1.39. The molecular formula is C5H12ClNO. The molecule has 8 heavy (non-hydrogen) atoms. The van der Waals surface area contributed by atoms with Crippen LogP contribution >= 0.6 is 12.4 Å². The molecule has 1 fully saturated rings. The number of hydrogen-bond donors (Lipinski definition) is 1. The average Bonchev–Trinajstić information content (AvgIpc) is 1.55. The molecule has 1 rings (SSSR count). The van der Waals surface area contributed by atoms with Crippen LogP contribution < -0.4 is 5.48 Å². The Morgan fingerprint density at radius 2 is 2.12 bits per heavy atom. The lowest BCUT2D eigenvalue weighted by molar-refractivity contribution is 0.0358. The van der Waals surface area contributed by atoms with E-state index in [0.29, 0.717) is 6.04 Å². The van der Waals surface area contributed by atoms with Gasteiger partial charge in [-0.1, -0.05) is 6.42 Å². The van der Waals surface area contributed by atoms with Crippen LogP contribution in [0.25, 0.3) is 0 Å². The Morgan fingerprint density at radius 1 is 1.50 bits per heavy atom. The van der Waals surface area contributed by atoms with Gasteiger partial charge in [-0.25, -0.2) is 0 Å². The van der Waals surface area contributed by atoms with Gasteiger partial charge in [0.15, 0.2) is 0 Å². The first-order chi connectivity index (χ1) is 3.43. The van der Waals surface area contributed by atoms with Crippen molar-refractivity contribution in [3.63, 3.8) is 0 Å². The molecule has 0 radical (unpaired) electrons. The van der Waals surface area contributed by atoms with E-state index in [-0.39, 0.29) is 12.4 Å². The summed E-state index contributed by atoms with van der Waals surface area (Å²) in [6.07, 6.45) is 3.93. The van der Waals surface area contributed by atoms with Crippen molar-refractivity contribution in [3.8, 4) is 0 Å². The molecule has 0 heterocycles. The van der Waals surface area contributed by atoms with E-state index < -0.39 is 0 Å². The molecule has 1 aliphatic rings. The second-order valence-corrected chi connectivity index (χ2v) is 1.95. The minimum atomic E-state index is 0.